The summed E-state index contributed by atoms with van der Waals surface area (Å²) in [6.45, 7) is 2.07. The van der Waals surface area contributed by atoms with Gasteiger partial charge in [-0.2, -0.15) is 14.6 Å². The van der Waals surface area contributed by atoms with Crippen molar-refractivity contribution >= 4 is 22.2 Å². The van der Waals surface area contributed by atoms with Gasteiger partial charge in [0, 0.05) is 11.3 Å². The summed E-state index contributed by atoms with van der Waals surface area (Å²) >= 11 is 0. The van der Waals surface area contributed by atoms with Crippen molar-refractivity contribution in [2.24, 2.45) is 0 Å². The Morgan fingerprint density at radius 3 is 3.00 bits per heavy atom. The highest BCUT2D eigenvalue weighted by Crippen LogP contribution is 2.39. The molecule has 5 aromatic rings. The number of aromatic nitrogens is 7. The molecule has 122 valence electrons. The van der Waals surface area contributed by atoms with Gasteiger partial charge in [0.05, 0.1) is 5.52 Å². The van der Waals surface area contributed by atoms with Crippen molar-refractivity contribution in [2.75, 3.05) is 0 Å². The fourth-order valence-electron chi connectivity index (χ4n) is 3.42. The van der Waals surface area contributed by atoms with Gasteiger partial charge in [-0.3, -0.25) is 4.40 Å². The van der Waals surface area contributed by atoms with Crippen LogP contribution >= 0.6 is 0 Å². The first-order chi connectivity index (χ1) is 12.3. The molecule has 4 aromatic heterocycles. The molecule has 0 aliphatic heterocycles. The van der Waals surface area contributed by atoms with Crippen molar-refractivity contribution < 1.29 is 4.52 Å². The van der Waals surface area contributed by atoms with Crippen molar-refractivity contribution in [3.63, 3.8) is 0 Å². The van der Waals surface area contributed by atoms with E-state index in [4.69, 9.17) is 4.52 Å². The molecule has 0 unspecified atom stereocenters. The fraction of sp³-hybridized carbons (Fsp3) is 0.235. The largest absolute Gasteiger partial charge is 0.339 e. The first kappa shape index (κ1) is 13.1. The summed E-state index contributed by atoms with van der Waals surface area (Å²) in [5.74, 6) is 1.60. The summed E-state index contributed by atoms with van der Waals surface area (Å²) in [6.07, 6.45) is 5.57. The van der Waals surface area contributed by atoms with Crippen LogP contribution in [0.5, 0.6) is 0 Å². The van der Waals surface area contributed by atoms with Gasteiger partial charge in [-0.25, -0.2) is 9.97 Å². The molecule has 1 fully saturated rings. The molecule has 1 aromatic carbocycles. The molecule has 25 heavy (non-hydrogen) atoms. The third-order valence-electron chi connectivity index (χ3n) is 4.80. The number of nitrogens with zero attached hydrogens (tertiary/aromatic N) is 7. The number of hydrogen-bond donors (Lipinski definition) is 0. The predicted molar refractivity (Wildman–Crippen MR) is 89.2 cm³/mol. The van der Waals surface area contributed by atoms with Crippen LogP contribution < -0.4 is 0 Å². The Balaban J connectivity index is 1.74. The van der Waals surface area contributed by atoms with Gasteiger partial charge in [-0.15, -0.1) is 0 Å². The van der Waals surface area contributed by atoms with E-state index in [1.165, 1.54) is 0 Å². The summed E-state index contributed by atoms with van der Waals surface area (Å²) in [5, 5.41) is 9.60. The number of rotatable bonds is 2. The van der Waals surface area contributed by atoms with E-state index in [0.29, 0.717) is 23.3 Å². The molecule has 8 nitrogen and oxygen atoms in total. The first-order valence-corrected chi connectivity index (χ1v) is 8.23. The van der Waals surface area contributed by atoms with E-state index in [9.17, 15) is 0 Å². The fourth-order valence-corrected chi connectivity index (χ4v) is 3.42. The molecule has 0 radical (unpaired) electrons. The van der Waals surface area contributed by atoms with Crippen molar-refractivity contribution in [3.8, 4) is 11.5 Å². The molecule has 4 heterocycles. The van der Waals surface area contributed by atoms with Gasteiger partial charge in [0.1, 0.15) is 12.7 Å². The molecule has 1 aliphatic rings. The highest BCUT2D eigenvalue weighted by Gasteiger charge is 2.30. The molecule has 0 spiro atoms. The third-order valence-corrected chi connectivity index (χ3v) is 4.80. The zero-order chi connectivity index (χ0) is 16.5. The lowest BCUT2D eigenvalue weighted by Crippen LogP contribution is -2.00. The SMILES string of the molecule is Cc1cccc2c1c1ncnn1c1c(-c3noc(C4CC4)n3)ncn21. The summed E-state index contributed by atoms with van der Waals surface area (Å²) in [6, 6.07) is 6.16. The zero-order valence-electron chi connectivity index (χ0n) is 13.4. The van der Waals surface area contributed by atoms with Crippen LogP contribution in [0.15, 0.2) is 35.4 Å². The molecular weight excluding hydrogens is 318 g/mol. The minimum Gasteiger partial charge on any atom is -0.339 e. The molecule has 1 aliphatic carbocycles. The smallest absolute Gasteiger partial charge is 0.230 e. The van der Waals surface area contributed by atoms with Gasteiger partial charge < -0.3 is 4.52 Å². The number of imidazole rings is 1. The highest BCUT2D eigenvalue weighted by molar-refractivity contribution is 5.97. The highest BCUT2D eigenvalue weighted by atomic mass is 16.5. The summed E-state index contributed by atoms with van der Waals surface area (Å²) in [4.78, 5) is 13.6. The number of benzene rings is 1. The van der Waals surface area contributed by atoms with Crippen LogP contribution in [0.1, 0.15) is 30.2 Å². The minimum atomic E-state index is 0.407. The molecule has 0 atom stereocenters. The monoisotopic (exact) mass is 331 g/mol. The van der Waals surface area contributed by atoms with Crippen LogP contribution in [-0.2, 0) is 0 Å². The lowest BCUT2D eigenvalue weighted by Gasteiger charge is -2.07. The van der Waals surface area contributed by atoms with Crippen LogP contribution in [0.25, 0.3) is 33.7 Å². The van der Waals surface area contributed by atoms with E-state index in [0.717, 1.165) is 40.6 Å². The lowest BCUT2D eigenvalue weighted by molar-refractivity contribution is 0.380. The van der Waals surface area contributed by atoms with E-state index in [1.807, 2.05) is 10.5 Å². The number of aryl methyl sites for hydroxylation is 1. The second kappa shape index (κ2) is 4.41. The van der Waals surface area contributed by atoms with Gasteiger partial charge in [-0.1, -0.05) is 17.3 Å². The standard InChI is InChI=1S/C17H13N7O/c1-9-3-2-4-11-12(9)15-18-7-20-24(15)17-13(19-8-23(11)17)14-21-16(25-22-14)10-5-6-10/h2-4,7-8,10H,5-6H2,1H3. The van der Waals surface area contributed by atoms with Crippen molar-refractivity contribution in [1.82, 2.24) is 34.1 Å². The van der Waals surface area contributed by atoms with E-state index in [2.05, 4.69) is 44.3 Å². The molecule has 0 amide bonds. The van der Waals surface area contributed by atoms with Crippen molar-refractivity contribution in [3.05, 3.63) is 42.3 Å². The predicted octanol–water partition coefficient (Wildman–Crippen LogP) is 2.77. The van der Waals surface area contributed by atoms with Gasteiger partial charge in [0.2, 0.25) is 11.7 Å². The Morgan fingerprint density at radius 1 is 1.20 bits per heavy atom. The maximum atomic E-state index is 5.41. The molecule has 0 bridgehead atoms. The topological polar surface area (TPSA) is 86.4 Å². The second-order valence-corrected chi connectivity index (χ2v) is 6.48. The molecule has 6 rings (SSSR count). The van der Waals surface area contributed by atoms with Crippen LogP contribution in [0, 0.1) is 6.92 Å². The number of hydrogen-bond acceptors (Lipinski definition) is 6. The summed E-state index contributed by atoms with van der Waals surface area (Å²) in [7, 11) is 0. The van der Waals surface area contributed by atoms with Crippen LogP contribution in [0.3, 0.4) is 0 Å². The van der Waals surface area contributed by atoms with Gasteiger partial charge >= 0.3 is 0 Å². The minimum absolute atomic E-state index is 0.407. The van der Waals surface area contributed by atoms with Gasteiger partial charge in [0.15, 0.2) is 17.0 Å². The van der Waals surface area contributed by atoms with E-state index in [-0.39, 0.29) is 0 Å². The Morgan fingerprint density at radius 2 is 2.12 bits per heavy atom. The Labute approximate surface area is 141 Å². The normalized spacial score (nSPS) is 14.9. The number of fused-ring (bicyclic) bond motifs is 6. The molecule has 1 saturated carbocycles. The van der Waals surface area contributed by atoms with E-state index < -0.39 is 0 Å². The maximum absolute atomic E-state index is 5.41. The quantitative estimate of drug-likeness (QED) is 0.494. The van der Waals surface area contributed by atoms with Gasteiger partial charge in [-0.05, 0) is 31.4 Å². The van der Waals surface area contributed by atoms with E-state index in [1.54, 1.807) is 17.2 Å². The molecule has 0 saturated heterocycles. The maximum Gasteiger partial charge on any atom is 0.230 e. The average Bonchev–Trinajstić information content (AvgIpc) is 3.03. The van der Waals surface area contributed by atoms with Crippen LogP contribution in [0.4, 0.5) is 0 Å². The molecule has 8 heteroatoms. The Bertz CT molecular complexity index is 1270. The lowest BCUT2D eigenvalue weighted by atomic mass is 10.1. The van der Waals surface area contributed by atoms with E-state index >= 15 is 0 Å². The summed E-state index contributed by atoms with van der Waals surface area (Å²) < 4.78 is 9.21. The Hall–Kier alpha value is -3.29. The Kier molecular flexibility index (Phi) is 2.30. The average molecular weight is 331 g/mol. The zero-order valence-corrected chi connectivity index (χ0v) is 13.4. The molecular formula is C17H13N7O. The summed E-state index contributed by atoms with van der Waals surface area (Å²) in [5.41, 5.74) is 4.40. The van der Waals surface area contributed by atoms with Crippen molar-refractivity contribution in [2.45, 2.75) is 25.7 Å². The third kappa shape index (κ3) is 1.68. The first-order valence-electron chi connectivity index (χ1n) is 8.23. The van der Waals surface area contributed by atoms with Crippen LogP contribution in [-0.4, -0.2) is 34.1 Å². The second-order valence-electron chi connectivity index (χ2n) is 6.48. The van der Waals surface area contributed by atoms with Gasteiger partial charge in [0.25, 0.3) is 0 Å². The van der Waals surface area contributed by atoms with Crippen molar-refractivity contribution in [1.29, 1.82) is 0 Å². The molecule has 0 N–H and O–H groups in total. The van der Waals surface area contributed by atoms with Crippen LogP contribution in [0.2, 0.25) is 0 Å².